The normalized spacial score (nSPS) is 11.0. The summed E-state index contributed by atoms with van der Waals surface area (Å²) < 4.78 is 1.29. The Kier molecular flexibility index (Phi) is 3.75. The van der Waals surface area contributed by atoms with Crippen LogP contribution in [-0.2, 0) is 6.42 Å². The Hall–Kier alpha value is -3.07. The van der Waals surface area contributed by atoms with E-state index in [0.717, 1.165) is 11.4 Å². The largest absolute Gasteiger partial charge is 0.360 e. The summed E-state index contributed by atoms with van der Waals surface area (Å²) in [6.07, 6.45) is 2.15. The molecule has 0 spiro atoms. The second-order valence-corrected chi connectivity index (χ2v) is 5.99. The van der Waals surface area contributed by atoms with Gasteiger partial charge < -0.3 is 5.32 Å². The summed E-state index contributed by atoms with van der Waals surface area (Å²) in [5.74, 6) is 1.47. The van der Waals surface area contributed by atoms with Gasteiger partial charge >= 0.3 is 0 Å². The van der Waals surface area contributed by atoms with Crippen molar-refractivity contribution >= 4 is 21.4 Å². The molecule has 24 heavy (non-hydrogen) atoms. The van der Waals surface area contributed by atoms with E-state index in [-0.39, 0.29) is 5.56 Å². The molecule has 3 aromatic heterocycles. The minimum absolute atomic E-state index is 0.188. The maximum absolute atomic E-state index is 11.6. The average Bonchev–Trinajstić information content (AvgIpc) is 3.23. The van der Waals surface area contributed by atoms with Gasteiger partial charge in [-0.3, -0.25) is 9.89 Å². The van der Waals surface area contributed by atoms with E-state index in [1.54, 1.807) is 0 Å². The number of nitrogens with one attached hydrogen (secondary N) is 2. The van der Waals surface area contributed by atoms with Crippen LogP contribution in [0.25, 0.3) is 16.3 Å². The summed E-state index contributed by atoms with van der Waals surface area (Å²) in [5.41, 5.74) is 0.789. The van der Waals surface area contributed by atoms with Gasteiger partial charge in [0.1, 0.15) is 5.82 Å². The molecule has 0 saturated heterocycles. The van der Waals surface area contributed by atoms with Crippen LogP contribution < -0.4 is 10.9 Å². The van der Waals surface area contributed by atoms with E-state index in [1.165, 1.54) is 28.1 Å². The van der Waals surface area contributed by atoms with Crippen molar-refractivity contribution in [2.75, 3.05) is 11.9 Å². The zero-order valence-electron chi connectivity index (χ0n) is 12.5. The fourth-order valence-corrected chi connectivity index (χ4v) is 3.03. The number of benzene rings is 1. The fraction of sp³-hybridized carbons (Fsp3) is 0.133. The van der Waals surface area contributed by atoms with E-state index in [4.69, 9.17) is 0 Å². The fourth-order valence-electron chi connectivity index (χ4n) is 2.23. The number of rotatable bonds is 5. The molecule has 1 aromatic carbocycles. The van der Waals surface area contributed by atoms with Crippen molar-refractivity contribution in [3.8, 4) is 11.4 Å². The van der Waals surface area contributed by atoms with Crippen LogP contribution >= 0.6 is 11.3 Å². The maximum Gasteiger partial charge on any atom is 0.275 e. The molecular weight excluding hydrogens is 326 g/mol. The Morgan fingerprint density at radius 1 is 1.21 bits per heavy atom. The summed E-state index contributed by atoms with van der Waals surface area (Å²) >= 11 is 1.33. The summed E-state index contributed by atoms with van der Waals surface area (Å²) in [4.78, 5) is 20.8. The lowest BCUT2D eigenvalue weighted by Gasteiger charge is -1.98. The molecule has 120 valence electrons. The van der Waals surface area contributed by atoms with Gasteiger partial charge in [0.25, 0.3) is 5.56 Å². The van der Waals surface area contributed by atoms with Gasteiger partial charge in [-0.2, -0.15) is 9.61 Å². The van der Waals surface area contributed by atoms with E-state index in [9.17, 15) is 4.79 Å². The first-order chi connectivity index (χ1) is 11.8. The van der Waals surface area contributed by atoms with Crippen molar-refractivity contribution in [3.05, 3.63) is 58.8 Å². The van der Waals surface area contributed by atoms with Gasteiger partial charge in [0, 0.05) is 30.8 Å². The number of fused-ring (bicyclic) bond motifs is 1. The molecule has 0 atom stereocenters. The summed E-state index contributed by atoms with van der Waals surface area (Å²) in [6.45, 7) is 0.623. The molecule has 0 fully saturated rings. The Morgan fingerprint density at radius 3 is 2.92 bits per heavy atom. The highest BCUT2D eigenvalue weighted by molar-refractivity contribution is 7.20. The first kappa shape index (κ1) is 14.5. The van der Waals surface area contributed by atoms with Gasteiger partial charge in [-0.1, -0.05) is 41.7 Å². The second kappa shape index (κ2) is 6.20. The first-order valence-electron chi connectivity index (χ1n) is 7.35. The minimum Gasteiger partial charge on any atom is -0.360 e. The van der Waals surface area contributed by atoms with Gasteiger partial charge in [0.15, 0.2) is 5.82 Å². The standard InChI is InChI=1S/C15H13N7OS/c23-12-7-9-17-15-22(12)21-14(24-15)16-8-6-11-18-13(20-19-11)10-4-2-1-3-5-10/h1-5,7,9H,6,8H2,(H,16,21)(H,18,19,20). The molecule has 0 aliphatic carbocycles. The van der Waals surface area contributed by atoms with E-state index < -0.39 is 0 Å². The minimum atomic E-state index is -0.188. The van der Waals surface area contributed by atoms with Crippen LogP contribution in [0.2, 0.25) is 0 Å². The molecule has 2 N–H and O–H groups in total. The average molecular weight is 339 g/mol. The van der Waals surface area contributed by atoms with Crippen LogP contribution in [0.4, 0.5) is 5.13 Å². The SMILES string of the molecule is O=c1ccnc2sc(NCCc3nc(-c4ccccc4)n[nH]3)nn12. The Bertz CT molecular complexity index is 1020. The number of hydrogen-bond acceptors (Lipinski definition) is 7. The Labute approximate surface area is 140 Å². The third-order valence-corrected chi connectivity index (χ3v) is 4.25. The van der Waals surface area contributed by atoms with Crippen LogP contribution in [0.1, 0.15) is 5.82 Å². The molecule has 0 saturated carbocycles. The number of aromatic nitrogens is 6. The Morgan fingerprint density at radius 2 is 2.08 bits per heavy atom. The zero-order valence-corrected chi connectivity index (χ0v) is 13.3. The van der Waals surface area contributed by atoms with Gasteiger partial charge in [-0.25, -0.2) is 9.97 Å². The van der Waals surface area contributed by atoms with Crippen molar-refractivity contribution in [2.24, 2.45) is 0 Å². The molecule has 4 aromatic rings. The van der Waals surface area contributed by atoms with Crippen LogP contribution in [0.5, 0.6) is 0 Å². The molecule has 0 bridgehead atoms. The van der Waals surface area contributed by atoms with Gasteiger partial charge in [0.2, 0.25) is 10.1 Å². The molecular formula is C15H13N7OS. The Balaban J connectivity index is 1.41. The molecule has 0 radical (unpaired) electrons. The third-order valence-electron chi connectivity index (χ3n) is 3.37. The summed E-state index contributed by atoms with van der Waals surface area (Å²) in [6, 6.07) is 11.2. The van der Waals surface area contributed by atoms with Crippen molar-refractivity contribution in [1.29, 1.82) is 0 Å². The van der Waals surface area contributed by atoms with E-state index in [0.29, 0.717) is 28.9 Å². The smallest absolute Gasteiger partial charge is 0.275 e. The molecule has 0 aliphatic rings. The van der Waals surface area contributed by atoms with Crippen LogP contribution in [0.3, 0.4) is 0 Å². The van der Waals surface area contributed by atoms with Crippen LogP contribution in [0.15, 0.2) is 47.4 Å². The lowest BCUT2D eigenvalue weighted by molar-refractivity contribution is 0.873. The number of H-pyrrole nitrogens is 1. The number of nitrogens with zero attached hydrogens (tertiary/aromatic N) is 5. The predicted octanol–water partition coefficient (Wildman–Crippen LogP) is 1.59. The van der Waals surface area contributed by atoms with Crippen LogP contribution in [0, 0.1) is 0 Å². The number of aromatic amines is 1. The monoisotopic (exact) mass is 339 g/mol. The molecule has 4 rings (SSSR count). The lowest BCUT2D eigenvalue weighted by Crippen LogP contribution is -2.13. The van der Waals surface area contributed by atoms with Gasteiger partial charge in [-0.15, -0.1) is 5.10 Å². The van der Waals surface area contributed by atoms with Gasteiger partial charge in [-0.05, 0) is 0 Å². The van der Waals surface area contributed by atoms with E-state index in [1.807, 2.05) is 30.3 Å². The highest BCUT2D eigenvalue weighted by Gasteiger charge is 2.07. The first-order valence-corrected chi connectivity index (χ1v) is 8.17. The van der Waals surface area contributed by atoms with E-state index in [2.05, 4.69) is 30.6 Å². The maximum atomic E-state index is 11.6. The molecule has 0 amide bonds. The second-order valence-electron chi connectivity index (χ2n) is 5.03. The third kappa shape index (κ3) is 2.88. The quantitative estimate of drug-likeness (QED) is 0.573. The molecule has 3 heterocycles. The number of hydrogen-bond donors (Lipinski definition) is 2. The molecule has 0 unspecified atom stereocenters. The zero-order chi connectivity index (χ0) is 16.4. The molecule has 8 nitrogen and oxygen atoms in total. The van der Waals surface area contributed by atoms with Crippen LogP contribution in [-0.4, -0.2) is 36.3 Å². The van der Waals surface area contributed by atoms with Gasteiger partial charge in [0.05, 0.1) is 0 Å². The van der Waals surface area contributed by atoms with Crippen molar-refractivity contribution in [2.45, 2.75) is 6.42 Å². The predicted molar refractivity (Wildman–Crippen MR) is 91.1 cm³/mol. The highest BCUT2D eigenvalue weighted by Crippen LogP contribution is 2.16. The number of anilines is 1. The molecule has 0 aliphatic heterocycles. The van der Waals surface area contributed by atoms with E-state index >= 15 is 0 Å². The summed E-state index contributed by atoms with van der Waals surface area (Å²) in [7, 11) is 0. The summed E-state index contributed by atoms with van der Waals surface area (Å²) in [5, 5.41) is 15.2. The van der Waals surface area contributed by atoms with Crippen molar-refractivity contribution in [1.82, 2.24) is 29.8 Å². The van der Waals surface area contributed by atoms with Crippen molar-refractivity contribution in [3.63, 3.8) is 0 Å². The molecule has 9 heteroatoms. The lowest BCUT2D eigenvalue weighted by atomic mass is 10.2. The highest BCUT2D eigenvalue weighted by atomic mass is 32.1. The van der Waals surface area contributed by atoms with Crippen molar-refractivity contribution < 1.29 is 0 Å². The topological polar surface area (TPSA) is 101 Å².